The number of hydrazone groups is 1. The van der Waals surface area contributed by atoms with Crippen LogP contribution in [0.25, 0.3) is 0 Å². The average molecular weight is 174 g/mol. The Morgan fingerprint density at radius 1 is 1.50 bits per heavy atom. The fraction of sp³-hybridized carbons (Fsp3) is 0.833. The highest BCUT2D eigenvalue weighted by Gasteiger charge is 2.11. The quantitative estimate of drug-likeness (QED) is 0.257. The molecule has 0 amide bonds. The lowest BCUT2D eigenvalue weighted by molar-refractivity contribution is -0.486. The Hall–Kier alpha value is -1.33. The molecule has 70 valence electrons. The molecule has 0 aromatic carbocycles. The molecule has 0 atom stereocenters. The van der Waals surface area contributed by atoms with Gasteiger partial charge in [-0.2, -0.15) is 0 Å². The van der Waals surface area contributed by atoms with Gasteiger partial charge in [0.25, 0.3) is 5.96 Å². The number of hydrogen-bond acceptors (Lipinski definition) is 2. The first-order chi connectivity index (χ1) is 5.49. The third-order valence-electron chi connectivity index (χ3n) is 1.39. The molecule has 0 saturated carbocycles. The predicted octanol–water partition coefficient (Wildman–Crippen LogP) is 0.0474. The molecule has 0 fully saturated rings. The lowest BCUT2D eigenvalue weighted by Crippen LogP contribution is -2.38. The molecule has 12 heavy (non-hydrogen) atoms. The SMILES string of the molecule is CCN(C)/C(=N/[N+](=O)[O-])N(C)C. The minimum Gasteiger partial charge on any atom is -0.344 e. The number of nitro groups is 1. The molecule has 0 unspecified atom stereocenters. The van der Waals surface area contributed by atoms with Gasteiger partial charge in [-0.3, -0.25) is 0 Å². The van der Waals surface area contributed by atoms with E-state index in [1.54, 1.807) is 30.9 Å². The summed E-state index contributed by atoms with van der Waals surface area (Å²) in [4.78, 5) is 13.4. The maximum Gasteiger partial charge on any atom is 0.273 e. The number of rotatable bonds is 2. The predicted molar refractivity (Wildman–Crippen MR) is 46.4 cm³/mol. The van der Waals surface area contributed by atoms with Crippen LogP contribution in [0, 0.1) is 10.1 Å². The Morgan fingerprint density at radius 3 is 2.25 bits per heavy atom. The fourth-order valence-electron chi connectivity index (χ4n) is 0.722. The molecule has 0 spiro atoms. The smallest absolute Gasteiger partial charge is 0.273 e. The summed E-state index contributed by atoms with van der Waals surface area (Å²) in [6.07, 6.45) is 0. The first-order valence-electron chi connectivity index (χ1n) is 3.60. The van der Waals surface area contributed by atoms with Gasteiger partial charge in [-0.15, -0.1) is 0 Å². The van der Waals surface area contributed by atoms with Crippen molar-refractivity contribution in [3.63, 3.8) is 0 Å². The van der Waals surface area contributed by atoms with Crippen LogP contribution in [0.5, 0.6) is 0 Å². The average Bonchev–Trinajstić information content (AvgIpc) is 1.98. The van der Waals surface area contributed by atoms with Gasteiger partial charge in [0.05, 0.1) is 0 Å². The molecule has 0 bridgehead atoms. The second kappa shape index (κ2) is 4.53. The van der Waals surface area contributed by atoms with Gasteiger partial charge >= 0.3 is 0 Å². The zero-order valence-electron chi connectivity index (χ0n) is 7.81. The molecule has 6 heteroatoms. The van der Waals surface area contributed by atoms with Gasteiger partial charge in [-0.25, -0.2) is 10.1 Å². The largest absolute Gasteiger partial charge is 0.344 e. The summed E-state index contributed by atoms with van der Waals surface area (Å²) < 4.78 is 0. The van der Waals surface area contributed by atoms with Gasteiger partial charge in [-0.1, -0.05) is 0 Å². The molecule has 0 aliphatic rings. The molecule has 0 aliphatic heterocycles. The van der Waals surface area contributed by atoms with Crippen LogP contribution in [0.15, 0.2) is 5.10 Å². The van der Waals surface area contributed by atoms with E-state index in [1.165, 1.54) is 0 Å². The van der Waals surface area contributed by atoms with E-state index in [-0.39, 0.29) is 0 Å². The molecule has 0 aromatic heterocycles. The Labute approximate surface area is 71.6 Å². The van der Waals surface area contributed by atoms with Gasteiger partial charge in [0.1, 0.15) is 5.10 Å². The maximum absolute atomic E-state index is 10.1. The second-order valence-corrected chi connectivity index (χ2v) is 2.55. The van der Waals surface area contributed by atoms with Crippen LogP contribution in [0.4, 0.5) is 0 Å². The number of nitrogens with zero attached hydrogens (tertiary/aromatic N) is 4. The third-order valence-corrected chi connectivity index (χ3v) is 1.39. The molecule has 0 heterocycles. The van der Waals surface area contributed by atoms with Crippen molar-refractivity contribution in [2.24, 2.45) is 5.10 Å². The van der Waals surface area contributed by atoms with Crippen molar-refractivity contribution in [3.8, 4) is 0 Å². The summed E-state index contributed by atoms with van der Waals surface area (Å²) in [6.45, 7) is 2.59. The first kappa shape index (κ1) is 10.7. The fourth-order valence-corrected chi connectivity index (χ4v) is 0.722. The standard InChI is InChI=1S/C6H14N4O2/c1-5-9(4)6(8(2)3)7-10(11)12/h5H2,1-4H3/b7-6+. The molecule has 0 rings (SSSR count). The van der Waals surface area contributed by atoms with E-state index in [0.29, 0.717) is 12.5 Å². The minimum atomic E-state index is -0.693. The first-order valence-corrected chi connectivity index (χ1v) is 3.60. The zero-order valence-corrected chi connectivity index (χ0v) is 7.81. The monoisotopic (exact) mass is 174 g/mol. The normalized spacial score (nSPS) is 11.2. The summed E-state index contributed by atoms with van der Waals surface area (Å²) in [5.41, 5.74) is 0. The molecular formula is C6H14N4O2. The highest BCUT2D eigenvalue weighted by Crippen LogP contribution is 1.91. The van der Waals surface area contributed by atoms with Gasteiger partial charge in [0, 0.05) is 27.7 Å². The summed E-state index contributed by atoms with van der Waals surface area (Å²) in [6, 6.07) is 0. The third kappa shape index (κ3) is 3.18. The summed E-state index contributed by atoms with van der Waals surface area (Å²) in [5.74, 6) is 0.350. The van der Waals surface area contributed by atoms with E-state index in [9.17, 15) is 10.1 Å². The Balaban J connectivity index is 4.54. The van der Waals surface area contributed by atoms with E-state index in [1.807, 2.05) is 6.92 Å². The van der Waals surface area contributed by atoms with Crippen molar-refractivity contribution in [1.29, 1.82) is 0 Å². The summed E-state index contributed by atoms with van der Waals surface area (Å²) in [5, 5.41) is 12.6. The van der Waals surface area contributed by atoms with Crippen LogP contribution >= 0.6 is 0 Å². The van der Waals surface area contributed by atoms with Crippen molar-refractivity contribution in [1.82, 2.24) is 9.80 Å². The molecule has 0 radical (unpaired) electrons. The van der Waals surface area contributed by atoms with Crippen molar-refractivity contribution in [2.45, 2.75) is 6.92 Å². The van der Waals surface area contributed by atoms with Gasteiger partial charge in [0.2, 0.25) is 0 Å². The minimum absolute atomic E-state index is 0.350. The van der Waals surface area contributed by atoms with E-state index < -0.39 is 5.03 Å². The zero-order chi connectivity index (χ0) is 9.72. The van der Waals surface area contributed by atoms with Gasteiger partial charge in [-0.05, 0) is 6.92 Å². The Kier molecular flexibility index (Phi) is 4.03. The maximum atomic E-state index is 10.1. The van der Waals surface area contributed by atoms with Crippen molar-refractivity contribution >= 4 is 5.96 Å². The summed E-state index contributed by atoms with van der Waals surface area (Å²) in [7, 11) is 5.19. The van der Waals surface area contributed by atoms with E-state index in [0.717, 1.165) is 0 Å². The van der Waals surface area contributed by atoms with E-state index in [4.69, 9.17) is 0 Å². The van der Waals surface area contributed by atoms with Crippen LogP contribution in [-0.4, -0.2) is 48.5 Å². The van der Waals surface area contributed by atoms with Gasteiger partial charge < -0.3 is 9.80 Å². The topological polar surface area (TPSA) is 62.0 Å². The van der Waals surface area contributed by atoms with E-state index in [2.05, 4.69) is 5.10 Å². The molecule has 0 aromatic rings. The van der Waals surface area contributed by atoms with Crippen LogP contribution in [0.2, 0.25) is 0 Å². The van der Waals surface area contributed by atoms with Crippen LogP contribution in [0.3, 0.4) is 0 Å². The molecule has 0 aliphatic carbocycles. The second-order valence-electron chi connectivity index (χ2n) is 2.55. The summed E-state index contributed by atoms with van der Waals surface area (Å²) >= 11 is 0. The molecular weight excluding hydrogens is 160 g/mol. The Bertz CT molecular complexity index is 190. The van der Waals surface area contributed by atoms with Crippen LogP contribution in [0.1, 0.15) is 6.92 Å². The Morgan fingerprint density at radius 2 is 2.00 bits per heavy atom. The molecule has 6 nitrogen and oxygen atoms in total. The highest BCUT2D eigenvalue weighted by molar-refractivity contribution is 5.78. The lowest BCUT2D eigenvalue weighted by atomic mass is 10.6. The van der Waals surface area contributed by atoms with Crippen LogP contribution < -0.4 is 0 Å². The highest BCUT2D eigenvalue weighted by atomic mass is 16.7. The van der Waals surface area contributed by atoms with Crippen molar-refractivity contribution in [3.05, 3.63) is 10.1 Å². The van der Waals surface area contributed by atoms with Crippen molar-refractivity contribution in [2.75, 3.05) is 27.7 Å². The number of guanidine groups is 1. The van der Waals surface area contributed by atoms with Crippen LogP contribution in [-0.2, 0) is 0 Å². The van der Waals surface area contributed by atoms with E-state index >= 15 is 0 Å². The van der Waals surface area contributed by atoms with Crippen molar-refractivity contribution < 1.29 is 5.03 Å². The molecule has 0 saturated heterocycles. The lowest BCUT2D eigenvalue weighted by Gasteiger charge is -2.21. The molecule has 0 N–H and O–H groups in total. The van der Waals surface area contributed by atoms with Gasteiger partial charge in [0.15, 0.2) is 5.03 Å². The number of hydrogen-bond donors (Lipinski definition) is 0.